The molecule has 0 saturated carbocycles. The van der Waals surface area contributed by atoms with Gasteiger partial charge in [0.1, 0.15) is 0 Å². The van der Waals surface area contributed by atoms with E-state index in [0.717, 1.165) is 6.54 Å². The summed E-state index contributed by atoms with van der Waals surface area (Å²) in [4.78, 5) is 0. The van der Waals surface area contributed by atoms with Gasteiger partial charge < -0.3 is 0 Å². The summed E-state index contributed by atoms with van der Waals surface area (Å²) in [5, 5.41) is 0. The summed E-state index contributed by atoms with van der Waals surface area (Å²) in [6.07, 6.45) is 2.13. The zero-order valence-electron chi connectivity index (χ0n) is 6.96. The van der Waals surface area contributed by atoms with Crippen molar-refractivity contribution in [3.63, 3.8) is 0 Å². The van der Waals surface area contributed by atoms with Crippen molar-refractivity contribution in [2.24, 2.45) is 0 Å². The van der Waals surface area contributed by atoms with Gasteiger partial charge in [-0.1, -0.05) is 0 Å². The minimum atomic E-state index is 1.07. The Bertz CT molecular complexity index is 323. The molecule has 1 aromatic rings. The average molecular weight is 146 g/mol. The molecule has 1 aromatic heterocycles. The molecule has 2 rings (SSSR count). The molecule has 0 unspecified atom stereocenters. The van der Waals surface area contributed by atoms with Gasteiger partial charge >= 0.3 is 0 Å². The number of rotatable bonds is 0. The second kappa shape index (κ2) is 2.19. The van der Waals surface area contributed by atoms with Crippen LogP contribution in [-0.2, 0) is 6.54 Å². The quantitative estimate of drug-likeness (QED) is 0.491. The zero-order valence-corrected chi connectivity index (χ0v) is 6.96. The number of pyridine rings is 1. The topological polar surface area (TPSA) is 3.88 Å². The predicted octanol–water partition coefficient (Wildman–Crippen LogP) is 1.78. The van der Waals surface area contributed by atoms with Crippen molar-refractivity contribution in [1.29, 1.82) is 0 Å². The third kappa shape index (κ3) is 0.881. The van der Waals surface area contributed by atoms with Crippen molar-refractivity contribution < 1.29 is 4.57 Å². The van der Waals surface area contributed by atoms with E-state index >= 15 is 0 Å². The molecule has 1 heteroatoms. The second-order valence-electron chi connectivity index (χ2n) is 3.12. The lowest BCUT2D eigenvalue weighted by molar-refractivity contribution is -0.686. The van der Waals surface area contributed by atoms with Crippen molar-refractivity contribution in [3.05, 3.63) is 35.7 Å². The molecule has 0 aliphatic carbocycles. The van der Waals surface area contributed by atoms with E-state index in [1.165, 1.54) is 16.8 Å². The Labute approximate surface area is 67.0 Å². The highest BCUT2D eigenvalue weighted by Gasteiger charge is 2.21. The Morgan fingerprint density at radius 1 is 1.27 bits per heavy atom. The van der Waals surface area contributed by atoms with Crippen LogP contribution in [0, 0.1) is 0 Å². The van der Waals surface area contributed by atoms with Crippen LogP contribution >= 0.6 is 0 Å². The molecule has 0 atom stereocenters. The molecule has 1 nitrogen and oxygen atoms in total. The largest absolute Gasteiger partial charge is 0.208 e. The van der Waals surface area contributed by atoms with Gasteiger partial charge in [-0.15, -0.1) is 0 Å². The van der Waals surface area contributed by atoms with Crippen molar-refractivity contribution in [2.75, 3.05) is 0 Å². The summed E-state index contributed by atoms with van der Waals surface area (Å²) in [7, 11) is 0. The molecule has 56 valence electrons. The van der Waals surface area contributed by atoms with Crippen molar-refractivity contribution in [3.8, 4) is 0 Å². The summed E-state index contributed by atoms with van der Waals surface area (Å²) in [5.74, 6) is 0. The minimum Gasteiger partial charge on any atom is -0.195 e. The fourth-order valence-corrected chi connectivity index (χ4v) is 1.55. The summed E-state index contributed by atoms with van der Waals surface area (Å²) in [6, 6.07) is 6.34. The molecular weight excluding hydrogens is 134 g/mol. The van der Waals surface area contributed by atoms with E-state index in [0.29, 0.717) is 0 Å². The average Bonchev–Trinajstić information content (AvgIpc) is 2.30. The van der Waals surface area contributed by atoms with E-state index in [9.17, 15) is 0 Å². The fraction of sp³-hybridized carbons (Fsp3) is 0.300. The van der Waals surface area contributed by atoms with Crippen LogP contribution in [0.1, 0.15) is 19.5 Å². The maximum atomic E-state index is 2.28. The van der Waals surface area contributed by atoms with Gasteiger partial charge in [-0.25, -0.2) is 0 Å². The summed E-state index contributed by atoms with van der Waals surface area (Å²) in [5.41, 5.74) is 4.28. The van der Waals surface area contributed by atoms with Gasteiger partial charge in [0.05, 0.1) is 0 Å². The van der Waals surface area contributed by atoms with Gasteiger partial charge in [-0.2, -0.15) is 4.57 Å². The molecule has 0 bridgehead atoms. The summed E-state index contributed by atoms with van der Waals surface area (Å²) in [6.45, 7) is 5.46. The first-order valence-electron chi connectivity index (χ1n) is 3.94. The highest BCUT2D eigenvalue weighted by molar-refractivity contribution is 5.62. The summed E-state index contributed by atoms with van der Waals surface area (Å²) < 4.78 is 2.28. The van der Waals surface area contributed by atoms with Crippen LogP contribution in [-0.4, -0.2) is 0 Å². The first-order chi connectivity index (χ1) is 5.29. The van der Waals surface area contributed by atoms with E-state index in [1.807, 2.05) is 0 Å². The van der Waals surface area contributed by atoms with Gasteiger partial charge in [-0.05, 0) is 19.9 Å². The zero-order chi connectivity index (χ0) is 7.84. The normalized spacial score (nSPS) is 15.5. The third-order valence-electron chi connectivity index (χ3n) is 2.37. The Morgan fingerprint density at radius 2 is 2.09 bits per heavy atom. The SMILES string of the molecule is CC1=C(C)c2cccc[n+]2C1. The number of fused-ring (bicyclic) bond motifs is 1. The lowest BCUT2D eigenvalue weighted by atomic mass is 10.1. The Balaban J connectivity index is 2.60. The van der Waals surface area contributed by atoms with Crippen LogP contribution in [0.4, 0.5) is 0 Å². The molecular formula is C10H12N+. The molecule has 1 aliphatic heterocycles. The Kier molecular flexibility index (Phi) is 1.31. The van der Waals surface area contributed by atoms with Gasteiger partial charge in [0, 0.05) is 23.3 Å². The van der Waals surface area contributed by atoms with Crippen molar-refractivity contribution >= 4 is 5.57 Å². The molecule has 1 aliphatic rings. The lowest BCUT2D eigenvalue weighted by Crippen LogP contribution is -2.33. The van der Waals surface area contributed by atoms with Crippen molar-refractivity contribution in [1.82, 2.24) is 0 Å². The van der Waals surface area contributed by atoms with Gasteiger partial charge in [0.15, 0.2) is 12.7 Å². The molecule has 11 heavy (non-hydrogen) atoms. The fourth-order valence-electron chi connectivity index (χ4n) is 1.55. The van der Waals surface area contributed by atoms with Crippen LogP contribution < -0.4 is 4.57 Å². The molecule has 0 saturated heterocycles. The van der Waals surface area contributed by atoms with E-state index < -0.39 is 0 Å². The number of aromatic nitrogens is 1. The van der Waals surface area contributed by atoms with Gasteiger partial charge in [0.2, 0.25) is 5.69 Å². The van der Waals surface area contributed by atoms with Crippen LogP contribution in [0.2, 0.25) is 0 Å². The smallest absolute Gasteiger partial charge is 0.195 e. The maximum Gasteiger partial charge on any atom is 0.208 e. The molecule has 0 fully saturated rings. The van der Waals surface area contributed by atoms with Crippen LogP contribution in [0.15, 0.2) is 30.0 Å². The maximum absolute atomic E-state index is 2.28. The third-order valence-corrected chi connectivity index (χ3v) is 2.37. The number of hydrogen-bond donors (Lipinski definition) is 0. The lowest BCUT2D eigenvalue weighted by Gasteiger charge is -1.90. The van der Waals surface area contributed by atoms with Crippen LogP contribution in [0.5, 0.6) is 0 Å². The van der Waals surface area contributed by atoms with E-state index in [1.54, 1.807) is 0 Å². The van der Waals surface area contributed by atoms with Crippen molar-refractivity contribution in [2.45, 2.75) is 20.4 Å². The minimum absolute atomic E-state index is 1.07. The number of allylic oxidation sites excluding steroid dienone is 2. The van der Waals surface area contributed by atoms with E-state index in [-0.39, 0.29) is 0 Å². The molecule has 0 amide bonds. The highest BCUT2D eigenvalue weighted by atomic mass is 15.0. The Morgan fingerprint density at radius 3 is 2.82 bits per heavy atom. The standard InChI is InChI=1S/C10H12N/c1-8-7-11-6-4-3-5-10(11)9(8)2/h3-6H,7H2,1-2H3/q+1. The van der Waals surface area contributed by atoms with E-state index in [4.69, 9.17) is 0 Å². The second-order valence-corrected chi connectivity index (χ2v) is 3.12. The molecule has 0 spiro atoms. The Hall–Kier alpha value is -1.11. The van der Waals surface area contributed by atoms with Crippen LogP contribution in [0.25, 0.3) is 5.57 Å². The number of nitrogens with zero attached hydrogens (tertiary/aromatic N) is 1. The van der Waals surface area contributed by atoms with Crippen LogP contribution in [0.3, 0.4) is 0 Å². The van der Waals surface area contributed by atoms with Gasteiger partial charge in [0.25, 0.3) is 0 Å². The number of hydrogen-bond acceptors (Lipinski definition) is 0. The molecule has 0 N–H and O–H groups in total. The first kappa shape index (κ1) is 6.59. The van der Waals surface area contributed by atoms with E-state index in [2.05, 4.69) is 42.8 Å². The molecule has 0 radical (unpaired) electrons. The monoisotopic (exact) mass is 146 g/mol. The first-order valence-corrected chi connectivity index (χ1v) is 3.94. The predicted molar refractivity (Wildman–Crippen MR) is 44.9 cm³/mol. The van der Waals surface area contributed by atoms with Gasteiger partial charge in [-0.3, -0.25) is 0 Å². The summed E-state index contributed by atoms with van der Waals surface area (Å²) >= 11 is 0. The molecule has 2 heterocycles. The molecule has 0 aromatic carbocycles. The highest BCUT2D eigenvalue weighted by Crippen LogP contribution is 2.19.